The number of nitrogens with one attached hydrogen (secondary N) is 1. The van der Waals surface area contributed by atoms with Gasteiger partial charge in [-0.2, -0.15) is 0 Å². The van der Waals surface area contributed by atoms with Crippen molar-refractivity contribution >= 4 is 11.6 Å². The fourth-order valence-corrected chi connectivity index (χ4v) is 2.94. The van der Waals surface area contributed by atoms with Crippen LogP contribution in [0.1, 0.15) is 18.9 Å². The summed E-state index contributed by atoms with van der Waals surface area (Å²) in [6.07, 6.45) is 1.27. The van der Waals surface area contributed by atoms with Gasteiger partial charge in [0.05, 0.1) is 0 Å². The summed E-state index contributed by atoms with van der Waals surface area (Å²) in [6.45, 7) is 6.82. The Balaban J connectivity index is 1.94. The summed E-state index contributed by atoms with van der Waals surface area (Å²) in [5.74, 6) is 0. The molecule has 0 spiro atoms. The third kappa shape index (κ3) is 3.44. The van der Waals surface area contributed by atoms with E-state index in [0.29, 0.717) is 5.41 Å². The van der Waals surface area contributed by atoms with Gasteiger partial charge in [-0.3, -0.25) is 4.90 Å². The predicted molar refractivity (Wildman–Crippen MR) is 73.4 cm³/mol. The summed E-state index contributed by atoms with van der Waals surface area (Å²) in [7, 11) is 2.03. The number of halogens is 1. The first-order valence-corrected chi connectivity index (χ1v) is 6.60. The molecule has 1 aromatic carbocycles. The van der Waals surface area contributed by atoms with E-state index < -0.39 is 0 Å². The van der Waals surface area contributed by atoms with Crippen LogP contribution in [0.4, 0.5) is 0 Å². The Morgan fingerprint density at radius 3 is 3.00 bits per heavy atom. The molecule has 2 nitrogen and oxygen atoms in total. The normalized spacial score (nSPS) is 25.4. The van der Waals surface area contributed by atoms with Crippen LogP contribution in [0.3, 0.4) is 0 Å². The maximum atomic E-state index is 6.01. The van der Waals surface area contributed by atoms with E-state index in [0.717, 1.165) is 18.1 Å². The van der Waals surface area contributed by atoms with Crippen LogP contribution in [0.25, 0.3) is 0 Å². The van der Waals surface area contributed by atoms with Crippen LogP contribution in [0.2, 0.25) is 5.02 Å². The molecule has 1 aliphatic heterocycles. The third-order valence-corrected chi connectivity index (χ3v) is 3.77. The molecule has 1 unspecified atom stereocenters. The Kier molecular flexibility index (Phi) is 4.08. The zero-order valence-corrected chi connectivity index (χ0v) is 11.4. The Hall–Kier alpha value is -0.570. The minimum Gasteiger partial charge on any atom is -0.319 e. The van der Waals surface area contributed by atoms with Gasteiger partial charge in [-0.05, 0) is 43.1 Å². The van der Waals surface area contributed by atoms with Gasteiger partial charge >= 0.3 is 0 Å². The van der Waals surface area contributed by atoms with Crippen molar-refractivity contribution in [2.24, 2.45) is 5.41 Å². The average molecular weight is 253 g/mol. The number of benzene rings is 1. The Morgan fingerprint density at radius 2 is 2.29 bits per heavy atom. The molecule has 0 bridgehead atoms. The van der Waals surface area contributed by atoms with Crippen LogP contribution in [-0.4, -0.2) is 31.6 Å². The van der Waals surface area contributed by atoms with E-state index in [1.54, 1.807) is 0 Å². The molecule has 1 atom stereocenters. The number of nitrogens with zero attached hydrogens (tertiary/aromatic N) is 1. The third-order valence-electron chi connectivity index (χ3n) is 3.54. The smallest absolute Gasteiger partial charge is 0.0409 e. The number of hydrogen-bond donors (Lipinski definition) is 1. The number of rotatable bonds is 4. The minimum absolute atomic E-state index is 0.424. The van der Waals surface area contributed by atoms with Gasteiger partial charge < -0.3 is 5.32 Å². The van der Waals surface area contributed by atoms with Crippen molar-refractivity contribution in [3.63, 3.8) is 0 Å². The van der Waals surface area contributed by atoms with Gasteiger partial charge in [0, 0.05) is 24.7 Å². The largest absolute Gasteiger partial charge is 0.319 e. The number of likely N-dealkylation sites (tertiary alicyclic amines) is 1. The Labute approximate surface area is 109 Å². The quantitative estimate of drug-likeness (QED) is 0.887. The molecule has 94 valence electrons. The maximum Gasteiger partial charge on any atom is 0.0409 e. The van der Waals surface area contributed by atoms with E-state index in [4.69, 9.17) is 11.6 Å². The summed E-state index contributed by atoms with van der Waals surface area (Å²) in [5.41, 5.74) is 1.74. The Morgan fingerprint density at radius 1 is 1.47 bits per heavy atom. The highest BCUT2D eigenvalue weighted by Crippen LogP contribution is 2.30. The molecular formula is C14H21ClN2. The van der Waals surface area contributed by atoms with Crippen molar-refractivity contribution in [3.05, 3.63) is 34.9 Å². The molecule has 1 saturated heterocycles. The van der Waals surface area contributed by atoms with Crippen molar-refractivity contribution in [2.45, 2.75) is 19.9 Å². The zero-order chi connectivity index (χ0) is 12.3. The van der Waals surface area contributed by atoms with E-state index in [9.17, 15) is 0 Å². The van der Waals surface area contributed by atoms with E-state index in [2.05, 4.69) is 29.3 Å². The molecule has 1 fully saturated rings. The second-order valence-corrected chi connectivity index (χ2v) is 5.87. The van der Waals surface area contributed by atoms with Crippen molar-refractivity contribution < 1.29 is 0 Å². The van der Waals surface area contributed by atoms with Gasteiger partial charge in [-0.15, -0.1) is 0 Å². The van der Waals surface area contributed by atoms with E-state index in [1.807, 2.05) is 19.2 Å². The van der Waals surface area contributed by atoms with E-state index in [1.165, 1.54) is 25.1 Å². The molecule has 0 radical (unpaired) electrons. The van der Waals surface area contributed by atoms with Gasteiger partial charge in [0.15, 0.2) is 0 Å². The average Bonchev–Trinajstić information content (AvgIpc) is 2.60. The second-order valence-electron chi connectivity index (χ2n) is 5.43. The Bertz CT molecular complexity index is 380. The highest BCUT2D eigenvalue weighted by Gasteiger charge is 2.32. The van der Waals surface area contributed by atoms with E-state index in [-0.39, 0.29) is 0 Å². The van der Waals surface area contributed by atoms with Crippen LogP contribution < -0.4 is 5.32 Å². The lowest BCUT2D eigenvalue weighted by Crippen LogP contribution is -2.32. The monoisotopic (exact) mass is 252 g/mol. The molecule has 1 aliphatic rings. The van der Waals surface area contributed by atoms with Gasteiger partial charge in [0.2, 0.25) is 0 Å². The first-order valence-electron chi connectivity index (χ1n) is 6.23. The highest BCUT2D eigenvalue weighted by molar-refractivity contribution is 6.30. The first kappa shape index (κ1) is 12.9. The van der Waals surface area contributed by atoms with Gasteiger partial charge in [0.1, 0.15) is 0 Å². The standard InChI is InChI=1S/C14H21ClN2/c1-14(10-16-2)6-7-17(11-14)9-12-4-3-5-13(15)8-12/h3-5,8,16H,6-7,9-11H2,1-2H3. The SMILES string of the molecule is CNCC1(C)CCN(Cc2cccc(Cl)c2)C1. The molecule has 1 heterocycles. The van der Waals surface area contributed by atoms with Crippen molar-refractivity contribution in [1.29, 1.82) is 0 Å². The summed E-state index contributed by atoms with van der Waals surface area (Å²) in [5, 5.41) is 4.13. The van der Waals surface area contributed by atoms with Crippen molar-refractivity contribution in [2.75, 3.05) is 26.7 Å². The molecule has 0 amide bonds. The van der Waals surface area contributed by atoms with Crippen LogP contribution in [0.5, 0.6) is 0 Å². The molecule has 0 saturated carbocycles. The van der Waals surface area contributed by atoms with Gasteiger partial charge in [-0.25, -0.2) is 0 Å². The maximum absolute atomic E-state index is 6.01. The lowest BCUT2D eigenvalue weighted by Gasteiger charge is -2.24. The van der Waals surface area contributed by atoms with Gasteiger partial charge in [-0.1, -0.05) is 30.7 Å². The fraction of sp³-hybridized carbons (Fsp3) is 0.571. The molecule has 3 heteroatoms. The number of hydrogen-bond acceptors (Lipinski definition) is 2. The molecular weight excluding hydrogens is 232 g/mol. The van der Waals surface area contributed by atoms with Crippen LogP contribution in [0.15, 0.2) is 24.3 Å². The lowest BCUT2D eigenvalue weighted by molar-refractivity contribution is 0.265. The summed E-state index contributed by atoms with van der Waals surface area (Å²) >= 11 is 6.01. The lowest BCUT2D eigenvalue weighted by atomic mass is 9.90. The fourth-order valence-electron chi connectivity index (χ4n) is 2.73. The van der Waals surface area contributed by atoms with Crippen LogP contribution in [-0.2, 0) is 6.54 Å². The van der Waals surface area contributed by atoms with Crippen molar-refractivity contribution in [3.8, 4) is 0 Å². The minimum atomic E-state index is 0.424. The molecule has 0 aliphatic carbocycles. The molecule has 1 aromatic rings. The van der Waals surface area contributed by atoms with E-state index >= 15 is 0 Å². The van der Waals surface area contributed by atoms with Crippen molar-refractivity contribution in [1.82, 2.24) is 10.2 Å². The van der Waals surface area contributed by atoms with Gasteiger partial charge in [0.25, 0.3) is 0 Å². The van der Waals surface area contributed by atoms with Crippen LogP contribution in [0, 0.1) is 5.41 Å². The second kappa shape index (κ2) is 5.38. The molecule has 1 N–H and O–H groups in total. The molecule has 17 heavy (non-hydrogen) atoms. The highest BCUT2D eigenvalue weighted by atomic mass is 35.5. The topological polar surface area (TPSA) is 15.3 Å². The summed E-state index contributed by atoms with van der Waals surface area (Å²) < 4.78 is 0. The predicted octanol–water partition coefficient (Wildman–Crippen LogP) is 2.77. The molecule has 0 aromatic heterocycles. The summed E-state index contributed by atoms with van der Waals surface area (Å²) in [4.78, 5) is 2.52. The zero-order valence-electron chi connectivity index (χ0n) is 10.7. The summed E-state index contributed by atoms with van der Waals surface area (Å²) in [6, 6.07) is 8.18. The molecule has 2 rings (SSSR count). The van der Waals surface area contributed by atoms with Crippen LogP contribution >= 0.6 is 11.6 Å². The first-order chi connectivity index (χ1) is 8.11.